The Kier molecular flexibility index (Phi) is 7.04. The van der Waals surface area contributed by atoms with Gasteiger partial charge in [-0.25, -0.2) is 4.39 Å². The van der Waals surface area contributed by atoms with Crippen molar-refractivity contribution in [1.29, 1.82) is 0 Å². The summed E-state index contributed by atoms with van der Waals surface area (Å²) in [6.45, 7) is 2.93. The second kappa shape index (κ2) is 9.69. The highest BCUT2D eigenvalue weighted by atomic mass is 19.1. The molecule has 0 atom stereocenters. The first-order valence-electron chi connectivity index (χ1n) is 9.93. The zero-order valence-electron chi connectivity index (χ0n) is 17.0. The van der Waals surface area contributed by atoms with Crippen LogP contribution in [0.2, 0.25) is 0 Å². The summed E-state index contributed by atoms with van der Waals surface area (Å²) in [6.07, 6.45) is 4.22. The van der Waals surface area contributed by atoms with Crippen LogP contribution in [0.1, 0.15) is 28.8 Å². The van der Waals surface area contributed by atoms with Gasteiger partial charge in [-0.3, -0.25) is 9.59 Å². The lowest BCUT2D eigenvalue weighted by Gasteiger charge is -2.34. The van der Waals surface area contributed by atoms with Gasteiger partial charge in [0.1, 0.15) is 12.1 Å². The molecule has 6 nitrogen and oxygen atoms in total. The van der Waals surface area contributed by atoms with Crippen molar-refractivity contribution in [1.82, 2.24) is 14.7 Å². The van der Waals surface area contributed by atoms with Crippen molar-refractivity contribution in [3.05, 3.63) is 59.8 Å². The second-order valence-corrected chi connectivity index (χ2v) is 7.77. The summed E-state index contributed by atoms with van der Waals surface area (Å²) in [4.78, 5) is 31.3. The topological polar surface area (TPSA) is 57.0 Å². The van der Waals surface area contributed by atoms with Crippen LogP contribution in [0.15, 0.2) is 47.3 Å². The highest BCUT2D eigenvalue weighted by Crippen LogP contribution is 2.22. The van der Waals surface area contributed by atoms with Gasteiger partial charge in [-0.05, 0) is 50.7 Å². The van der Waals surface area contributed by atoms with E-state index in [-0.39, 0.29) is 23.5 Å². The van der Waals surface area contributed by atoms with E-state index in [0.29, 0.717) is 44.6 Å². The molecule has 0 N–H and O–H groups in total. The quantitative estimate of drug-likeness (QED) is 0.716. The Labute approximate surface area is 170 Å². The van der Waals surface area contributed by atoms with Crippen LogP contribution >= 0.6 is 0 Å². The molecule has 2 amide bonds. The standard InChI is InChI=1S/C22H28FN3O3/c1-24(2)12-13-26(15-17-3-5-20(23)6-4-17)21(27)18-7-10-25(11-8-18)22(28)19-9-14-29-16-19/h3-6,9,14,16,18H,7-8,10-13,15H2,1-2H3. The van der Waals surface area contributed by atoms with Crippen molar-refractivity contribution >= 4 is 11.8 Å². The summed E-state index contributed by atoms with van der Waals surface area (Å²) in [5.74, 6) is -0.340. The molecule has 1 aliphatic heterocycles. The Bertz CT molecular complexity index is 797. The Morgan fingerprint density at radius 3 is 2.38 bits per heavy atom. The molecular weight excluding hydrogens is 373 g/mol. The van der Waals surface area contributed by atoms with Gasteiger partial charge >= 0.3 is 0 Å². The normalized spacial score (nSPS) is 15.0. The van der Waals surface area contributed by atoms with Crippen LogP contribution in [0.3, 0.4) is 0 Å². The maximum atomic E-state index is 13.2. The van der Waals surface area contributed by atoms with Gasteiger partial charge in [-0.15, -0.1) is 0 Å². The van der Waals surface area contributed by atoms with Crippen LogP contribution in [-0.2, 0) is 11.3 Å². The number of halogens is 1. The highest BCUT2D eigenvalue weighted by Gasteiger charge is 2.30. The maximum Gasteiger partial charge on any atom is 0.257 e. The molecule has 156 valence electrons. The third kappa shape index (κ3) is 5.67. The molecule has 7 heteroatoms. The molecule has 1 aromatic carbocycles. The first kappa shape index (κ1) is 21.0. The van der Waals surface area contributed by atoms with E-state index < -0.39 is 0 Å². The number of carbonyl (C=O) groups is 2. The van der Waals surface area contributed by atoms with E-state index in [1.54, 1.807) is 23.1 Å². The molecule has 2 heterocycles. The first-order valence-corrected chi connectivity index (χ1v) is 9.93. The Balaban J connectivity index is 1.61. The summed E-state index contributed by atoms with van der Waals surface area (Å²) in [5, 5.41) is 0. The van der Waals surface area contributed by atoms with E-state index >= 15 is 0 Å². The number of hydrogen-bond acceptors (Lipinski definition) is 4. The van der Waals surface area contributed by atoms with Gasteiger partial charge in [-0.1, -0.05) is 12.1 Å². The lowest BCUT2D eigenvalue weighted by Crippen LogP contribution is -2.45. The van der Waals surface area contributed by atoms with Gasteiger partial charge < -0.3 is 19.1 Å². The lowest BCUT2D eigenvalue weighted by atomic mass is 9.94. The van der Waals surface area contributed by atoms with E-state index in [4.69, 9.17) is 4.42 Å². The molecule has 1 aromatic heterocycles. The molecule has 1 fully saturated rings. The SMILES string of the molecule is CN(C)CCN(Cc1ccc(F)cc1)C(=O)C1CCN(C(=O)c2ccoc2)CC1. The molecule has 1 aliphatic rings. The van der Waals surface area contributed by atoms with Gasteiger partial charge in [0, 0.05) is 38.6 Å². The van der Waals surface area contributed by atoms with Crippen LogP contribution in [0.4, 0.5) is 4.39 Å². The maximum absolute atomic E-state index is 13.2. The Hall–Kier alpha value is -2.67. The average Bonchev–Trinajstić information content (AvgIpc) is 3.26. The smallest absolute Gasteiger partial charge is 0.257 e. The lowest BCUT2D eigenvalue weighted by molar-refractivity contribution is -0.137. The second-order valence-electron chi connectivity index (χ2n) is 7.77. The van der Waals surface area contributed by atoms with E-state index in [0.717, 1.165) is 12.1 Å². The van der Waals surface area contributed by atoms with Gasteiger partial charge in [0.15, 0.2) is 0 Å². The minimum atomic E-state index is -0.283. The number of likely N-dealkylation sites (tertiary alicyclic amines) is 1. The molecule has 0 saturated carbocycles. The summed E-state index contributed by atoms with van der Waals surface area (Å²) in [7, 11) is 3.95. The molecule has 3 rings (SSSR count). The molecule has 0 bridgehead atoms. The van der Waals surface area contributed by atoms with Crippen molar-refractivity contribution in [2.75, 3.05) is 40.3 Å². The fourth-order valence-corrected chi connectivity index (χ4v) is 3.55. The van der Waals surface area contributed by atoms with Gasteiger partial charge in [0.25, 0.3) is 5.91 Å². The minimum absolute atomic E-state index is 0.0552. The van der Waals surface area contributed by atoms with Crippen LogP contribution in [0, 0.1) is 11.7 Å². The van der Waals surface area contributed by atoms with Crippen molar-refractivity contribution in [3.8, 4) is 0 Å². The van der Waals surface area contributed by atoms with E-state index in [9.17, 15) is 14.0 Å². The summed E-state index contributed by atoms with van der Waals surface area (Å²) >= 11 is 0. The van der Waals surface area contributed by atoms with Crippen molar-refractivity contribution in [2.24, 2.45) is 5.92 Å². The van der Waals surface area contributed by atoms with Gasteiger partial charge in [0.2, 0.25) is 5.91 Å². The van der Waals surface area contributed by atoms with Crippen molar-refractivity contribution in [2.45, 2.75) is 19.4 Å². The molecular formula is C22H28FN3O3. The monoisotopic (exact) mass is 401 g/mol. The number of carbonyl (C=O) groups excluding carboxylic acids is 2. The highest BCUT2D eigenvalue weighted by molar-refractivity contribution is 5.94. The van der Waals surface area contributed by atoms with E-state index in [2.05, 4.69) is 0 Å². The summed E-state index contributed by atoms with van der Waals surface area (Å²) in [5.41, 5.74) is 1.45. The number of likely N-dealkylation sites (N-methyl/N-ethyl adjacent to an activating group) is 1. The number of piperidine rings is 1. The predicted octanol–water partition coefficient (Wildman–Crippen LogP) is 2.86. The largest absolute Gasteiger partial charge is 0.472 e. The molecule has 29 heavy (non-hydrogen) atoms. The first-order chi connectivity index (χ1) is 13.9. The molecule has 2 aromatic rings. The van der Waals surface area contributed by atoms with E-state index in [1.165, 1.54) is 24.7 Å². The molecule has 0 unspecified atom stereocenters. The number of hydrogen-bond donors (Lipinski definition) is 0. The van der Waals surface area contributed by atoms with Crippen LogP contribution in [-0.4, -0.2) is 66.8 Å². The zero-order chi connectivity index (χ0) is 20.8. The van der Waals surface area contributed by atoms with Crippen molar-refractivity contribution in [3.63, 3.8) is 0 Å². The third-order valence-corrected chi connectivity index (χ3v) is 5.32. The number of nitrogens with zero attached hydrogens (tertiary/aromatic N) is 3. The molecule has 0 aliphatic carbocycles. The van der Waals surface area contributed by atoms with Crippen LogP contribution in [0.25, 0.3) is 0 Å². The molecule has 1 saturated heterocycles. The number of amides is 2. The average molecular weight is 401 g/mol. The number of furan rings is 1. The van der Waals surface area contributed by atoms with Gasteiger partial charge in [-0.2, -0.15) is 0 Å². The number of rotatable bonds is 7. The molecule has 0 radical (unpaired) electrons. The zero-order valence-corrected chi connectivity index (χ0v) is 17.0. The fraction of sp³-hybridized carbons (Fsp3) is 0.455. The Morgan fingerprint density at radius 1 is 1.10 bits per heavy atom. The molecule has 0 spiro atoms. The van der Waals surface area contributed by atoms with Crippen molar-refractivity contribution < 1.29 is 18.4 Å². The fourth-order valence-electron chi connectivity index (χ4n) is 3.55. The third-order valence-electron chi connectivity index (χ3n) is 5.32. The Morgan fingerprint density at radius 2 is 1.79 bits per heavy atom. The van der Waals surface area contributed by atoms with Crippen LogP contribution in [0.5, 0.6) is 0 Å². The van der Waals surface area contributed by atoms with Gasteiger partial charge in [0.05, 0.1) is 11.8 Å². The number of benzene rings is 1. The minimum Gasteiger partial charge on any atom is -0.472 e. The summed E-state index contributed by atoms with van der Waals surface area (Å²) < 4.78 is 18.2. The van der Waals surface area contributed by atoms with E-state index in [1.807, 2.05) is 23.9 Å². The predicted molar refractivity (Wildman–Crippen MR) is 108 cm³/mol. The van der Waals surface area contributed by atoms with Crippen LogP contribution < -0.4 is 0 Å². The summed E-state index contributed by atoms with van der Waals surface area (Å²) in [6, 6.07) is 7.94.